The Kier molecular flexibility index (Phi) is 9.18. The molecule has 10 nitrogen and oxygen atoms in total. The summed E-state index contributed by atoms with van der Waals surface area (Å²) < 4.78 is 20.6. The van der Waals surface area contributed by atoms with E-state index in [0.29, 0.717) is 52.9 Å². The third kappa shape index (κ3) is 6.49. The van der Waals surface area contributed by atoms with Crippen LogP contribution in [0.2, 0.25) is 0 Å². The van der Waals surface area contributed by atoms with Gasteiger partial charge < -0.3 is 25.2 Å². The summed E-state index contributed by atoms with van der Waals surface area (Å²) in [5.74, 6) is 0.936. The summed E-state index contributed by atoms with van der Waals surface area (Å²) in [6, 6.07) is 10.4. The monoisotopic (exact) mass is 549 g/mol. The number of amides is 1. The summed E-state index contributed by atoms with van der Waals surface area (Å²) >= 11 is 0. The number of hydrogen-bond donors (Lipinski definition) is 2. The Bertz CT molecular complexity index is 1370. The summed E-state index contributed by atoms with van der Waals surface area (Å²) in [5, 5.41) is 7.79. The van der Waals surface area contributed by atoms with Gasteiger partial charge in [-0.1, -0.05) is 24.8 Å². The summed E-state index contributed by atoms with van der Waals surface area (Å²) in [4.78, 5) is 31.0. The molecule has 1 amide bonds. The first-order chi connectivity index (χ1) is 19.2. The fraction of sp³-hybridized carbons (Fsp3) is 0.345. The molecule has 0 spiro atoms. The summed E-state index contributed by atoms with van der Waals surface area (Å²) in [5.41, 5.74) is 3.10. The summed E-state index contributed by atoms with van der Waals surface area (Å²) in [7, 11) is 7.54. The highest BCUT2D eigenvalue weighted by atomic mass is 19.1. The van der Waals surface area contributed by atoms with Gasteiger partial charge >= 0.3 is 0 Å². The Morgan fingerprint density at radius 2 is 2.02 bits per heavy atom. The number of carbonyl (C=O) groups is 1. The molecule has 0 saturated carbocycles. The van der Waals surface area contributed by atoms with Crippen LogP contribution in [0.25, 0.3) is 0 Å². The number of hydrogen-bond acceptors (Lipinski definition) is 9. The zero-order valence-corrected chi connectivity index (χ0v) is 23.6. The molecule has 2 heterocycles. The van der Waals surface area contributed by atoms with Crippen LogP contribution in [0.1, 0.15) is 23.6 Å². The molecule has 0 unspecified atom stereocenters. The molecule has 212 valence electrons. The van der Waals surface area contributed by atoms with Crippen LogP contribution in [0.15, 0.2) is 55.4 Å². The van der Waals surface area contributed by atoms with E-state index in [4.69, 9.17) is 9.57 Å². The third-order valence-electron chi connectivity index (χ3n) is 6.68. The highest BCUT2D eigenvalue weighted by Crippen LogP contribution is 2.39. The van der Waals surface area contributed by atoms with Crippen LogP contribution in [-0.4, -0.2) is 68.7 Å². The number of likely N-dealkylation sites (N-methyl/N-ethyl adjacent to an activating group) is 2. The Morgan fingerprint density at radius 3 is 2.75 bits per heavy atom. The van der Waals surface area contributed by atoms with Gasteiger partial charge in [0.25, 0.3) is 0 Å². The van der Waals surface area contributed by atoms with Gasteiger partial charge in [-0.3, -0.25) is 9.63 Å². The van der Waals surface area contributed by atoms with Crippen molar-refractivity contribution < 1.29 is 18.8 Å². The molecule has 0 bridgehead atoms. The number of benzene rings is 2. The molecule has 2 N–H and O–H groups in total. The molecule has 0 aliphatic carbocycles. The maximum absolute atomic E-state index is 14.9. The van der Waals surface area contributed by atoms with Crippen LogP contribution >= 0.6 is 0 Å². The van der Waals surface area contributed by atoms with Gasteiger partial charge in [0.2, 0.25) is 5.91 Å². The number of aryl methyl sites for hydroxylation is 1. The first kappa shape index (κ1) is 28.8. The minimum Gasteiger partial charge on any atom is -0.494 e. The molecule has 2 aromatic carbocycles. The number of hydroxylamine groups is 1. The Labute approximate surface area is 234 Å². The van der Waals surface area contributed by atoms with Crippen molar-refractivity contribution in [2.75, 3.05) is 68.5 Å². The number of nitrogens with zero attached hydrogens (tertiary/aromatic N) is 5. The van der Waals surface area contributed by atoms with Crippen LogP contribution < -0.4 is 25.3 Å². The quantitative estimate of drug-likeness (QED) is 0.331. The fourth-order valence-corrected chi connectivity index (χ4v) is 4.48. The van der Waals surface area contributed by atoms with Gasteiger partial charge in [-0.2, -0.15) is 0 Å². The van der Waals surface area contributed by atoms with E-state index in [0.717, 1.165) is 18.8 Å². The van der Waals surface area contributed by atoms with E-state index in [1.807, 2.05) is 38.2 Å². The van der Waals surface area contributed by atoms with Crippen molar-refractivity contribution in [2.45, 2.75) is 19.4 Å². The lowest BCUT2D eigenvalue weighted by Gasteiger charge is -2.26. The van der Waals surface area contributed by atoms with Crippen LogP contribution in [-0.2, 0) is 9.63 Å². The number of carbonyl (C=O) groups excluding carboxylic acids is 1. The SMILES string of the molecule is C=CC(=O)Nc1cc(Nc2cc(N3OCC[C@@H]3c3cccc(C)c3F)ncn2)c(OC)cc1N(C)CCN(C)C. The van der Waals surface area contributed by atoms with Gasteiger partial charge in [-0.05, 0) is 38.7 Å². The van der Waals surface area contributed by atoms with Gasteiger partial charge in [0, 0.05) is 44.3 Å². The molecule has 1 atom stereocenters. The van der Waals surface area contributed by atoms with Gasteiger partial charge in [0.15, 0.2) is 5.82 Å². The topological polar surface area (TPSA) is 95.1 Å². The molecule has 1 aliphatic rings. The maximum Gasteiger partial charge on any atom is 0.247 e. The lowest BCUT2D eigenvalue weighted by atomic mass is 10.0. The second-order valence-electron chi connectivity index (χ2n) is 9.82. The molecule has 0 radical (unpaired) electrons. The fourth-order valence-electron chi connectivity index (χ4n) is 4.48. The number of nitrogens with one attached hydrogen (secondary N) is 2. The van der Waals surface area contributed by atoms with Crippen molar-refractivity contribution in [1.29, 1.82) is 0 Å². The number of methoxy groups -OCH3 is 1. The number of anilines is 5. The average Bonchev–Trinajstić information content (AvgIpc) is 3.43. The number of halogens is 1. The molecule has 11 heteroatoms. The predicted molar refractivity (Wildman–Crippen MR) is 156 cm³/mol. The Morgan fingerprint density at radius 1 is 1.23 bits per heavy atom. The lowest BCUT2D eigenvalue weighted by molar-refractivity contribution is -0.111. The second kappa shape index (κ2) is 12.8. The van der Waals surface area contributed by atoms with Crippen molar-refractivity contribution in [3.63, 3.8) is 0 Å². The first-order valence-electron chi connectivity index (χ1n) is 13.0. The smallest absolute Gasteiger partial charge is 0.247 e. The second-order valence-corrected chi connectivity index (χ2v) is 9.82. The lowest BCUT2D eigenvalue weighted by Crippen LogP contribution is -2.29. The van der Waals surface area contributed by atoms with E-state index < -0.39 is 0 Å². The van der Waals surface area contributed by atoms with Gasteiger partial charge in [0.1, 0.15) is 23.7 Å². The van der Waals surface area contributed by atoms with Crippen molar-refractivity contribution in [3.05, 3.63) is 72.3 Å². The maximum atomic E-state index is 14.9. The van der Waals surface area contributed by atoms with E-state index in [9.17, 15) is 9.18 Å². The first-order valence-corrected chi connectivity index (χ1v) is 13.0. The standard InChI is InChI=1S/C29H36FN7O3/c1-7-28(38)34-21-15-22(25(39-6)16-24(21)36(5)13-12-35(3)4)33-26-17-27(32-18-31-26)37-23(11-14-40-37)20-10-8-9-19(2)29(20)30/h7-10,15-18,23H,1,11-14H2,2-6H3,(H,34,38)(H,31,32,33)/t23-/m1/s1. The van der Waals surface area contributed by atoms with Crippen molar-refractivity contribution >= 4 is 34.6 Å². The zero-order valence-electron chi connectivity index (χ0n) is 23.6. The normalized spacial score (nSPS) is 14.8. The summed E-state index contributed by atoms with van der Waals surface area (Å²) in [6.07, 6.45) is 3.26. The molecule has 40 heavy (non-hydrogen) atoms. The van der Waals surface area contributed by atoms with Gasteiger partial charge in [-0.15, -0.1) is 0 Å². The molecule has 4 rings (SSSR count). The molecular weight excluding hydrogens is 513 g/mol. The molecule has 1 aromatic heterocycles. The van der Waals surface area contributed by atoms with Gasteiger partial charge in [-0.25, -0.2) is 19.4 Å². The van der Waals surface area contributed by atoms with Crippen molar-refractivity contribution in [3.8, 4) is 5.75 Å². The van der Waals surface area contributed by atoms with Crippen LogP contribution in [0, 0.1) is 12.7 Å². The third-order valence-corrected chi connectivity index (χ3v) is 6.68. The number of rotatable bonds is 11. The predicted octanol–water partition coefficient (Wildman–Crippen LogP) is 4.68. The zero-order chi connectivity index (χ0) is 28.8. The van der Waals surface area contributed by atoms with E-state index >= 15 is 0 Å². The van der Waals surface area contributed by atoms with E-state index in [-0.39, 0.29) is 17.8 Å². The number of ether oxygens (including phenoxy) is 1. The number of aromatic nitrogens is 2. The largest absolute Gasteiger partial charge is 0.494 e. The highest BCUT2D eigenvalue weighted by molar-refractivity contribution is 6.02. The molecule has 1 aliphatic heterocycles. The molecular formula is C29H36FN7O3. The summed E-state index contributed by atoms with van der Waals surface area (Å²) in [6.45, 7) is 7.31. The van der Waals surface area contributed by atoms with Crippen LogP contribution in [0.5, 0.6) is 5.75 Å². The average molecular weight is 550 g/mol. The van der Waals surface area contributed by atoms with E-state index in [2.05, 4.69) is 32.1 Å². The molecule has 1 fully saturated rings. The van der Waals surface area contributed by atoms with E-state index in [1.54, 1.807) is 43.4 Å². The minimum absolute atomic E-state index is 0.245. The molecule has 3 aromatic rings. The van der Waals surface area contributed by atoms with Crippen molar-refractivity contribution in [2.24, 2.45) is 0 Å². The minimum atomic E-state index is -0.330. The highest BCUT2D eigenvalue weighted by Gasteiger charge is 2.31. The van der Waals surface area contributed by atoms with Crippen molar-refractivity contribution in [1.82, 2.24) is 14.9 Å². The molecule has 1 saturated heterocycles. The Balaban J connectivity index is 1.65. The van der Waals surface area contributed by atoms with Gasteiger partial charge in [0.05, 0.1) is 36.8 Å². The van der Waals surface area contributed by atoms with Crippen LogP contribution in [0.4, 0.5) is 33.1 Å². The van der Waals surface area contributed by atoms with E-state index in [1.165, 1.54) is 12.4 Å². The van der Waals surface area contributed by atoms with Crippen LogP contribution in [0.3, 0.4) is 0 Å². The Hall–Kier alpha value is -4.22.